The topological polar surface area (TPSA) is 53.1 Å². The van der Waals surface area contributed by atoms with Crippen LogP contribution < -0.4 is 10.5 Å². The van der Waals surface area contributed by atoms with Crippen molar-refractivity contribution in [3.05, 3.63) is 41.1 Å². The Morgan fingerprint density at radius 2 is 1.86 bits per heavy atom. The Bertz CT molecular complexity index is 585. The van der Waals surface area contributed by atoms with E-state index >= 15 is 0 Å². The van der Waals surface area contributed by atoms with Gasteiger partial charge in [0.25, 0.3) is 0 Å². The van der Waals surface area contributed by atoms with Crippen LogP contribution in [0.25, 0.3) is 0 Å². The van der Waals surface area contributed by atoms with E-state index in [1.165, 1.54) is 11.1 Å². The molecule has 0 bridgehead atoms. The molecule has 2 rings (SSSR count). The van der Waals surface area contributed by atoms with E-state index in [9.17, 15) is 0 Å². The first kappa shape index (κ1) is 15.4. The molecular weight excluding hydrogens is 262 g/mol. The number of aryl methyl sites for hydroxylation is 3. The van der Waals surface area contributed by atoms with Crippen LogP contribution in [0.5, 0.6) is 5.75 Å². The molecule has 1 heterocycles. The largest absolute Gasteiger partial charge is 0.497 e. The van der Waals surface area contributed by atoms with Gasteiger partial charge in [-0.15, -0.1) is 0 Å². The van der Waals surface area contributed by atoms with Gasteiger partial charge in [0.2, 0.25) is 0 Å². The van der Waals surface area contributed by atoms with Gasteiger partial charge in [-0.2, -0.15) is 5.10 Å². The van der Waals surface area contributed by atoms with E-state index in [2.05, 4.69) is 31.1 Å². The lowest BCUT2D eigenvalue weighted by Crippen LogP contribution is -2.03. The zero-order valence-corrected chi connectivity index (χ0v) is 13.4. The normalized spacial score (nSPS) is 11.1. The molecule has 0 amide bonds. The summed E-state index contributed by atoms with van der Waals surface area (Å²) in [6, 6.07) is 8.20. The second kappa shape index (κ2) is 6.66. The molecule has 0 aliphatic carbocycles. The van der Waals surface area contributed by atoms with Crippen molar-refractivity contribution >= 4 is 5.82 Å². The number of hydrogen-bond donors (Lipinski definition) is 1. The maximum absolute atomic E-state index is 6.14. The fourth-order valence-corrected chi connectivity index (χ4v) is 2.52. The molecule has 2 aromatic rings. The van der Waals surface area contributed by atoms with Crippen molar-refractivity contribution in [2.45, 2.75) is 33.1 Å². The number of aromatic nitrogens is 2. The molecule has 0 saturated heterocycles. The lowest BCUT2D eigenvalue weighted by molar-refractivity contribution is 0.414. The zero-order valence-electron chi connectivity index (χ0n) is 13.4. The van der Waals surface area contributed by atoms with Gasteiger partial charge in [0.15, 0.2) is 0 Å². The Labute approximate surface area is 126 Å². The molecule has 1 aromatic heterocycles. The van der Waals surface area contributed by atoms with Crippen LogP contribution in [0, 0.1) is 5.92 Å². The minimum Gasteiger partial charge on any atom is -0.497 e. The van der Waals surface area contributed by atoms with Gasteiger partial charge in [-0.25, -0.2) is 0 Å². The summed E-state index contributed by atoms with van der Waals surface area (Å²) >= 11 is 0. The van der Waals surface area contributed by atoms with Crippen molar-refractivity contribution < 1.29 is 4.74 Å². The molecule has 0 radical (unpaired) electrons. The quantitative estimate of drug-likeness (QED) is 0.888. The average molecular weight is 287 g/mol. The zero-order chi connectivity index (χ0) is 15.4. The maximum Gasteiger partial charge on any atom is 0.124 e. The van der Waals surface area contributed by atoms with E-state index in [1.54, 1.807) is 11.8 Å². The molecule has 114 valence electrons. The third-order valence-corrected chi connectivity index (χ3v) is 3.70. The summed E-state index contributed by atoms with van der Waals surface area (Å²) in [7, 11) is 3.60. The van der Waals surface area contributed by atoms with Gasteiger partial charge in [0, 0.05) is 12.6 Å². The predicted molar refractivity (Wildman–Crippen MR) is 86.6 cm³/mol. The van der Waals surface area contributed by atoms with Gasteiger partial charge in [-0.3, -0.25) is 4.68 Å². The van der Waals surface area contributed by atoms with Crippen molar-refractivity contribution in [2.75, 3.05) is 12.8 Å². The molecule has 0 atom stereocenters. The highest BCUT2D eigenvalue weighted by Gasteiger charge is 2.14. The molecule has 0 aliphatic rings. The Kier molecular flexibility index (Phi) is 4.89. The minimum absolute atomic E-state index is 0.580. The average Bonchev–Trinajstić information content (AvgIpc) is 2.73. The molecule has 21 heavy (non-hydrogen) atoms. The van der Waals surface area contributed by atoms with E-state index in [0.29, 0.717) is 5.92 Å². The van der Waals surface area contributed by atoms with Crippen LogP contribution in [0.1, 0.15) is 30.7 Å². The number of anilines is 1. The van der Waals surface area contributed by atoms with Crippen molar-refractivity contribution in [1.29, 1.82) is 0 Å². The van der Waals surface area contributed by atoms with Crippen molar-refractivity contribution in [3.63, 3.8) is 0 Å². The van der Waals surface area contributed by atoms with Gasteiger partial charge in [-0.1, -0.05) is 26.0 Å². The maximum atomic E-state index is 6.14. The highest BCUT2D eigenvalue weighted by Crippen LogP contribution is 2.22. The lowest BCUT2D eigenvalue weighted by atomic mass is 9.99. The molecule has 2 N–H and O–H groups in total. The van der Waals surface area contributed by atoms with Gasteiger partial charge >= 0.3 is 0 Å². The second-order valence-electron chi connectivity index (χ2n) is 5.88. The summed E-state index contributed by atoms with van der Waals surface area (Å²) in [5, 5.41) is 4.58. The third kappa shape index (κ3) is 3.78. The summed E-state index contributed by atoms with van der Waals surface area (Å²) in [6.07, 6.45) is 2.86. The van der Waals surface area contributed by atoms with E-state index in [4.69, 9.17) is 10.5 Å². The molecule has 0 unspecified atom stereocenters. The highest BCUT2D eigenvalue weighted by molar-refractivity contribution is 5.44. The molecule has 1 aromatic carbocycles. The molecule has 0 aliphatic heterocycles. The number of nitrogens with two attached hydrogens (primary N) is 1. The summed E-state index contributed by atoms with van der Waals surface area (Å²) in [5.74, 6) is 2.27. The first-order valence-corrected chi connectivity index (χ1v) is 7.44. The number of ether oxygens (including phenoxy) is 1. The van der Waals surface area contributed by atoms with E-state index in [1.807, 2.05) is 19.2 Å². The van der Waals surface area contributed by atoms with Crippen LogP contribution >= 0.6 is 0 Å². The smallest absolute Gasteiger partial charge is 0.124 e. The van der Waals surface area contributed by atoms with E-state index in [0.717, 1.165) is 36.5 Å². The number of rotatable bonds is 6. The number of benzene rings is 1. The molecule has 4 nitrogen and oxygen atoms in total. The molecule has 0 fully saturated rings. The van der Waals surface area contributed by atoms with Crippen molar-refractivity contribution in [2.24, 2.45) is 13.0 Å². The number of hydrogen-bond acceptors (Lipinski definition) is 3. The van der Waals surface area contributed by atoms with Crippen LogP contribution in [0.15, 0.2) is 24.3 Å². The fraction of sp³-hybridized carbons (Fsp3) is 0.471. The molecule has 0 saturated carbocycles. The van der Waals surface area contributed by atoms with Gasteiger partial charge < -0.3 is 10.5 Å². The summed E-state index contributed by atoms with van der Waals surface area (Å²) in [4.78, 5) is 0. The lowest BCUT2D eigenvalue weighted by Gasteiger charge is -2.07. The van der Waals surface area contributed by atoms with Gasteiger partial charge in [0.05, 0.1) is 12.8 Å². The Morgan fingerprint density at radius 1 is 1.19 bits per heavy atom. The molecule has 0 spiro atoms. The first-order valence-electron chi connectivity index (χ1n) is 7.44. The minimum atomic E-state index is 0.580. The molecular formula is C17H25N3O. The summed E-state index contributed by atoms with van der Waals surface area (Å²) in [5.41, 5.74) is 9.76. The van der Waals surface area contributed by atoms with Crippen LogP contribution in [0.2, 0.25) is 0 Å². The van der Waals surface area contributed by atoms with Crippen LogP contribution in [-0.2, 0) is 26.3 Å². The Hall–Kier alpha value is -1.97. The Morgan fingerprint density at radius 3 is 2.43 bits per heavy atom. The summed E-state index contributed by atoms with van der Waals surface area (Å²) < 4.78 is 6.97. The monoisotopic (exact) mass is 287 g/mol. The SMILES string of the molecule is COc1ccc(CCc2nn(C)c(N)c2CC(C)C)cc1. The Balaban J connectivity index is 2.10. The molecule has 4 heteroatoms. The second-order valence-corrected chi connectivity index (χ2v) is 5.88. The highest BCUT2D eigenvalue weighted by atomic mass is 16.5. The summed E-state index contributed by atoms with van der Waals surface area (Å²) in [6.45, 7) is 4.42. The van der Waals surface area contributed by atoms with Crippen molar-refractivity contribution in [1.82, 2.24) is 9.78 Å². The van der Waals surface area contributed by atoms with Gasteiger partial charge in [-0.05, 0) is 42.9 Å². The van der Waals surface area contributed by atoms with E-state index < -0.39 is 0 Å². The standard InChI is InChI=1S/C17H25N3O/c1-12(2)11-15-16(19-20(3)17(15)18)10-7-13-5-8-14(21-4)9-6-13/h5-6,8-9,12H,7,10-11,18H2,1-4H3. The number of nitrogen functional groups attached to an aromatic ring is 1. The number of methoxy groups -OCH3 is 1. The first-order chi connectivity index (χ1) is 10.0. The van der Waals surface area contributed by atoms with Crippen LogP contribution in [0.4, 0.5) is 5.82 Å². The van der Waals surface area contributed by atoms with Gasteiger partial charge in [0.1, 0.15) is 11.6 Å². The number of nitrogens with zero attached hydrogens (tertiary/aromatic N) is 2. The van der Waals surface area contributed by atoms with Crippen LogP contribution in [0.3, 0.4) is 0 Å². The fourth-order valence-electron chi connectivity index (χ4n) is 2.52. The van der Waals surface area contributed by atoms with E-state index in [-0.39, 0.29) is 0 Å². The van der Waals surface area contributed by atoms with Crippen molar-refractivity contribution in [3.8, 4) is 5.75 Å². The predicted octanol–water partition coefficient (Wildman–Crippen LogP) is 2.99. The third-order valence-electron chi connectivity index (χ3n) is 3.70. The van der Waals surface area contributed by atoms with Crippen LogP contribution in [-0.4, -0.2) is 16.9 Å².